The van der Waals surface area contributed by atoms with Gasteiger partial charge in [-0.15, -0.1) is 11.3 Å². The molecule has 0 amide bonds. The highest BCUT2D eigenvalue weighted by Crippen LogP contribution is 2.29. The summed E-state index contributed by atoms with van der Waals surface area (Å²) in [5, 5.41) is 31.8. The average Bonchev–Trinajstić information content (AvgIpc) is 2.84. The lowest BCUT2D eigenvalue weighted by Crippen LogP contribution is -2.37. The lowest BCUT2D eigenvalue weighted by Gasteiger charge is -2.26. The predicted octanol–water partition coefficient (Wildman–Crippen LogP) is 2.23. The Labute approximate surface area is 147 Å². The second-order valence-electron chi connectivity index (χ2n) is 5.35. The van der Waals surface area contributed by atoms with Crippen molar-refractivity contribution in [2.45, 2.75) is 6.67 Å². The van der Waals surface area contributed by atoms with Gasteiger partial charge in [0, 0.05) is 25.2 Å². The summed E-state index contributed by atoms with van der Waals surface area (Å²) in [6, 6.07) is 0. The maximum Gasteiger partial charge on any atom is 0.222 e. The molecule has 0 atom stereocenters. The van der Waals surface area contributed by atoms with E-state index in [1.807, 2.05) is 0 Å². The molecule has 1 aliphatic heterocycles. The minimum Gasteiger partial charge on any atom is -0.612 e. The summed E-state index contributed by atoms with van der Waals surface area (Å²) in [5.74, 6) is 0.120. The smallest absolute Gasteiger partial charge is 0.222 e. The third-order valence-corrected chi connectivity index (χ3v) is 5.13. The second-order valence-corrected chi connectivity index (χ2v) is 7.02. The molecule has 0 unspecified atom stereocenters. The van der Waals surface area contributed by atoms with E-state index in [9.17, 15) is 15.5 Å². The van der Waals surface area contributed by atoms with Gasteiger partial charge in [-0.1, -0.05) is 0 Å². The molecule has 1 aromatic rings. The number of hydrogen-bond acceptors (Lipinski definition) is 7. The summed E-state index contributed by atoms with van der Waals surface area (Å²) in [4.78, 5) is 2.37. The lowest BCUT2D eigenvalue weighted by atomic mass is 10.1. The summed E-state index contributed by atoms with van der Waals surface area (Å²) >= 11 is 6.67. The molecule has 3 rings (SSSR count). The molecular weight excluding hydrogens is 350 g/mol. The largest absolute Gasteiger partial charge is 0.612 e. The maximum absolute atomic E-state index is 10.7. The van der Waals surface area contributed by atoms with Crippen molar-refractivity contribution in [2.24, 2.45) is 0 Å². The number of hydrogen-bond donors (Lipinski definition) is 1. The van der Waals surface area contributed by atoms with Crippen LogP contribution in [0.15, 0.2) is 29.9 Å². The molecule has 2 aliphatic rings. The van der Waals surface area contributed by atoms with Gasteiger partial charge in [0.1, 0.15) is 0 Å². The zero-order valence-corrected chi connectivity index (χ0v) is 14.4. The summed E-state index contributed by atoms with van der Waals surface area (Å²) in [7, 11) is 0. The van der Waals surface area contributed by atoms with Crippen LogP contribution in [0.2, 0.25) is 0 Å². The lowest BCUT2D eigenvalue weighted by molar-refractivity contribution is -0.377. The van der Waals surface area contributed by atoms with Gasteiger partial charge in [-0.05, 0) is 36.0 Å². The molecule has 1 N–H and O–H groups in total. The highest BCUT2D eigenvalue weighted by Gasteiger charge is 2.16. The van der Waals surface area contributed by atoms with Gasteiger partial charge in [0.25, 0.3) is 0 Å². The Kier molecular flexibility index (Phi) is 5.14. The van der Waals surface area contributed by atoms with Crippen LogP contribution in [0.5, 0.6) is 5.88 Å². The second kappa shape index (κ2) is 7.31. The molecule has 9 heteroatoms. The number of morpholine rings is 1. The maximum atomic E-state index is 10.7. The Hall–Kier alpha value is -1.94. The first-order valence-electron chi connectivity index (χ1n) is 7.36. The van der Waals surface area contributed by atoms with E-state index in [2.05, 4.69) is 4.90 Å². The fourth-order valence-electron chi connectivity index (χ4n) is 2.42. The first-order valence-corrected chi connectivity index (χ1v) is 8.59. The van der Waals surface area contributed by atoms with Gasteiger partial charge in [0.05, 0.1) is 24.8 Å². The van der Waals surface area contributed by atoms with Crippen LogP contribution in [0.3, 0.4) is 0 Å². The van der Waals surface area contributed by atoms with E-state index in [0.717, 1.165) is 18.7 Å². The van der Waals surface area contributed by atoms with E-state index >= 15 is 0 Å². The third kappa shape index (κ3) is 3.75. The average molecular weight is 366 g/mol. The quantitative estimate of drug-likeness (QED) is 0.501. The summed E-state index contributed by atoms with van der Waals surface area (Å²) in [6.07, 6.45) is 7.94. The Balaban J connectivity index is 1.81. The molecule has 1 saturated heterocycles. The number of allylic oxidation sites excluding steroid dienone is 5. The van der Waals surface area contributed by atoms with Crippen LogP contribution in [0.25, 0.3) is 6.08 Å². The minimum atomic E-state index is -0.440. The van der Waals surface area contributed by atoms with Crippen LogP contribution in [0.1, 0.15) is 4.88 Å². The standard InChI is InChI=1S/C15H16N3O4S2/c19-14-13(9-11-1-3-12(4-2-11)18(20)21)24-15(23)17(14)10-16-5-7-22-8-6-16/h1-4,9H,5-8,10H2,(H-,19,20,21)/q-1. The molecule has 1 fully saturated rings. The van der Waals surface area contributed by atoms with E-state index in [0.29, 0.717) is 28.7 Å². The Bertz CT molecular complexity index is 776. The normalized spacial score (nSPS) is 18.2. The highest BCUT2D eigenvalue weighted by atomic mass is 32.1. The van der Waals surface area contributed by atoms with Crippen LogP contribution in [-0.4, -0.2) is 51.5 Å². The number of ether oxygens (including phenoxy) is 1. The molecule has 0 aromatic carbocycles. The molecule has 7 nitrogen and oxygen atoms in total. The monoisotopic (exact) mass is 366 g/mol. The van der Waals surface area contributed by atoms with E-state index < -0.39 is 4.90 Å². The third-order valence-electron chi connectivity index (χ3n) is 3.74. The van der Waals surface area contributed by atoms with Crippen molar-refractivity contribution in [3.63, 3.8) is 0 Å². The first-order chi connectivity index (χ1) is 11.5. The highest BCUT2D eigenvalue weighted by molar-refractivity contribution is 7.73. The molecule has 0 spiro atoms. The van der Waals surface area contributed by atoms with Gasteiger partial charge in [0.15, 0.2) is 3.95 Å². The van der Waals surface area contributed by atoms with Crippen molar-refractivity contribution in [1.29, 1.82) is 0 Å². The van der Waals surface area contributed by atoms with Gasteiger partial charge in [-0.2, -0.15) is 4.90 Å². The van der Waals surface area contributed by atoms with Crippen LogP contribution in [0.4, 0.5) is 0 Å². The van der Waals surface area contributed by atoms with Gasteiger partial charge in [-0.3, -0.25) is 9.47 Å². The van der Waals surface area contributed by atoms with Gasteiger partial charge >= 0.3 is 0 Å². The van der Waals surface area contributed by atoms with Crippen molar-refractivity contribution < 1.29 is 14.7 Å². The van der Waals surface area contributed by atoms with Gasteiger partial charge in [-0.25, -0.2) is 0 Å². The molecule has 1 aliphatic carbocycles. The van der Waals surface area contributed by atoms with Crippen LogP contribution < -0.4 is 0 Å². The van der Waals surface area contributed by atoms with Crippen molar-refractivity contribution >= 4 is 35.3 Å². The topological polar surface area (TPSA) is 86.8 Å². The SMILES string of the molecule is [O-][N+]([O-])=C1C=CC(=Cc2sc(=S)n(CN3CCOCC3)c2O)C=C1. The van der Waals surface area contributed by atoms with E-state index in [1.165, 1.54) is 23.5 Å². The van der Waals surface area contributed by atoms with Crippen molar-refractivity contribution in [3.05, 3.63) is 49.1 Å². The van der Waals surface area contributed by atoms with Crippen molar-refractivity contribution in [1.82, 2.24) is 9.47 Å². The van der Waals surface area contributed by atoms with Crippen molar-refractivity contribution in [3.8, 4) is 5.88 Å². The van der Waals surface area contributed by atoms with Crippen LogP contribution >= 0.6 is 23.6 Å². The number of aromatic nitrogens is 1. The molecule has 2 heterocycles. The fourth-order valence-corrected chi connectivity index (χ4v) is 3.67. The zero-order chi connectivity index (χ0) is 17.1. The number of rotatable bonds is 3. The van der Waals surface area contributed by atoms with Gasteiger partial charge in [0.2, 0.25) is 11.6 Å². The van der Waals surface area contributed by atoms with Crippen molar-refractivity contribution in [2.75, 3.05) is 26.3 Å². The zero-order valence-electron chi connectivity index (χ0n) is 12.8. The Morgan fingerprint density at radius 2 is 1.92 bits per heavy atom. The van der Waals surface area contributed by atoms with E-state index in [4.69, 9.17) is 17.0 Å². The molecule has 128 valence electrons. The first kappa shape index (κ1) is 16.9. The Morgan fingerprint density at radius 3 is 2.54 bits per heavy atom. The number of aromatic hydroxyl groups is 1. The molecule has 0 radical (unpaired) electrons. The summed E-state index contributed by atoms with van der Waals surface area (Å²) < 4.78 is 7.60. The summed E-state index contributed by atoms with van der Waals surface area (Å²) in [6.45, 7) is 3.50. The summed E-state index contributed by atoms with van der Waals surface area (Å²) in [5.41, 5.74) is 0.805. The molecule has 24 heavy (non-hydrogen) atoms. The number of thiazole rings is 1. The predicted molar refractivity (Wildman–Crippen MR) is 95.5 cm³/mol. The molecule has 0 saturated carbocycles. The minimum absolute atomic E-state index is 0.0360. The molecule has 1 aromatic heterocycles. The fraction of sp³-hybridized carbons (Fsp3) is 0.333. The molecule has 0 bridgehead atoms. The van der Waals surface area contributed by atoms with Gasteiger partial charge < -0.3 is 20.3 Å². The Morgan fingerprint density at radius 1 is 1.25 bits per heavy atom. The van der Waals surface area contributed by atoms with Crippen LogP contribution in [-0.2, 0) is 11.4 Å². The van der Waals surface area contributed by atoms with Crippen LogP contribution in [0, 0.1) is 14.4 Å². The van der Waals surface area contributed by atoms with E-state index in [1.54, 1.807) is 22.8 Å². The molecular formula is C15H16N3O4S2-. The van der Waals surface area contributed by atoms with E-state index in [-0.39, 0.29) is 11.6 Å². The number of nitrogens with zero attached hydrogens (tertiary/aromatic N) is 3.